The van der Waals surface area contributed by atoms with Gasteiger partial charge in [-0.2, -0.15) is 5.10 Å². The minimum atomic E-state index is -1.36. The Balaban J connectivity index is 2.51. The van der Waals surface area contributed by atoms with Crippen molar-refractivity contribution in [2.24, 2.45) is 0 Å². The summed E-state index contributed by atoms with van der Waals surface area (Å²) < 4.78 is 14.3. The van der Waals surface area contributed by atoms with E-state index in [2.05, 4.69) is 10.1 Å². The highest BCUT2D eigenvalue weighted by Gasteiger charge is 2.12. The molecule has 0 saturated carbocycles. The highest BCUT2D eigenvalue weighted by molar-refractivity contribution is 6.29. The van der Waals surface area contributed by atoms with Crippen molar-refractivity contribution >= 4 is 17.6 Å². The van der Waals surface area contributed by atoms with Crippen LogP contribution in [0.1, 0.15) is 10.4 Å². The lowest BCUT2D eigenvalue weighted by Gasteiger charge is -2.02. The molecule has 2 rings (SSSR count). The number of hydrogen-bond donors (Lipinski definition) is 1. The smallest absolute Gasteiger partial charge is 0.338 e. The lowest BCUT2D eigenvalue weighted by molar-refractivity contribution is 0.0691. The summed E-state index contributed by atoms with van der Waals surface area (Å²) >= 11 is 5.59. The first kappa shape index (κ1) is 10.6. The SMILES string of the molecule is O=C(O)c1cc(-n2ccc(Cl)n2)ncc1F. The van der Waals surface area contributed by atoms with E-state index in [-0.39, 0.29) is 11.0 Å². The van der Waals surface area contributed by atoms with Gasteiger partial charge in [0, 0.05) is 12.3 Å². The first-order valence-corrected chi connectivity index (χ1v) is 4.56. The summed E-state index contributed by atoms with van der Waals surface area (Å²) in [6.07, 6.45) is 2.32. The van der Waals surface area contributed by atoms with E-state index in [0.29, 0.717) is 0 Å². The van der Waals surface area contributed by atoms with Crippen molar-refractivity contribution < 1.29 is 14.3 Å². The summed E-state index contributed by atoms with van der Waals surface area (Å²) in [4.78, 5) is 14.4. The molecule has 2 heterocycles. The van der Waals surface area contributed by atoms with Crippen molar-refractivity contribution in [2.45, 2.75) is 0 Å². The summed E-state index contributed by atoms with van der Waals surface area (Å²) in [5, 5.41) is 12.8. The van der Waals surface area contributed by atoms with Gasteiger partial charge in [0.1, 0.15) is 5.56 Å². The van der Waals surface area contributed by atoms with Crippen LogP contribution in [0.5, 0.6) is 0 Å². The van der Waals surface area contributed by atoms with E-state index in [1.54, 1.807) is 0 Å². The lowest BCUT2D eigenvalue weighted by atomic mass is 10.2. The molecule has 1 N–H and O–H groups in total. The Hall–Kier alpha value is -1.95. The summed E-state index contributed by atoms with van der Waals surface area (Å²) in [5.74, 6) is -2.07. The first-order valence-electron chi connectivity index (χ1n) is 4.18. The van der Waals surface area contributed by atoms with Crippen molar-refractivity contribution in [1.82, 2.24) is 14.8 Å². The molecule has 0 amide bonds. The molecular formula is C9H5ClFN3O2. The summed E-state index contributed by atoms with van der Waals surface area (Å²) in [5.41, 5.74) is -0.461. The van der Waals surface area contributed by atoms with Crippen molar-refractivity contribution in [3.8, 4) is 5.82 Å². The second-order valence-electron chi connectivity index (χ2n) is 2.91. The molecule has 0 aliphatic rings. The van der Waals surface area contributed by atoms with Gasteiger partial charge in [0.05, 0.1) is 6.20 Å². The average Bonchev–Trinajstić information content (AvgIpc) is 2.65. The van der Waals surface area contributed by atoms with Gasteiger partial charge in [-0.1, -0.05) is 11.6 Å². The monoisotopic (exact) mass is 241 g/mol. The predicted molar refractivity (Wildman–Crippen MR) is 53.3 cm³/mol. The average molecular weight is 242 g/mol. The molecule has 0 atom stereocenters. The number of aromatic nitrogens is 3. The summed E-state index contributed by atoms with van der Waals surface area (Å²) in [6, 6.07) is 2.59. The van der Waals surface area contributed by atoms with Gasteiger partial charge in [0.2, 0.25) is 0 Å². The first-order chi connectivity index (χ1) is 7.58. The molecule has 0 radical (unpaired) electrons. The lowest BCUT2D eigenvalue weighted by Crippen LogP contribution is -2.05. The van der Waals surface area contributed by atoms with Crippen molar-refractivity contribution in [3.05, 3.63) is 41.1 Å². The Morgan fingerprint density at radius 2 is 2.31 bits per heavy atom. The van der Waals surface area contributed by atoms with Gasteiger partial charge in [-0.3, -0.25) is 0 Å². The summed E-state index contributed by atoms with van der Waals surface area (Å²) in [7, 11) is 0. The van der Waals surface area contributed by atoms with Crippen LogP contribution >= 0.6 is 11.6 Å². The van der Waals surface area contributed by atoms with E-state index in [0.717, 1.165) is 12.3 Å². The Morgan fingerprint density at radius 3 is 2.88 bits per heavy atom. The second kappa shape index (κ2) is 3.90. The van der Waals surface area contributed by atoms with E-state index in [1.165, 1.54) is 16.9 Å². The standard InChI is InChI=1S/C9H5ClFN3O2/c10-7-1-2-14(13-7)8-3-5(9(15)16)6(11)4-12-8/h1-4H,(H,15,16). The quantitative estimate of drug-likeness (QED) is 0.870. The van der Waals surface area contributed by atoms with Gasteiger partial charge in [-0.15, -0.1) is 0 Å². The largest absolute Gasteiger partial charge is 0.478 e. The van der Waals surface area contributed by atoms with E-state index >= 15 is 0 Å². The molecule has 0 fully saturated rings. The Kier molecular flexibility index (Phi) is 2.57. The molecule has 2 aromatic heterocycles. The van der Waals surface area contributed by atoms with Crippen LogP contribution in [0.15, 0.2) is 24.5 Å². The van der Waals surface area contributed by atoms with Gasteiger partial charge < -0.3 is 5.11 Å². The fourth-order valence-corrected chi connectivity index (χ4v) is 1.28. The van der Waals surface area contributed by atoms with Crippen molar-refractivity contribution in [3.63, 3.8) is 0 Å². The summed E-state index contributed by atoms with van der Waals surface area (Å²) in [6.45, 7) is 0. The fourth-order valence-electron chi connectivity index (χ4n) is 1.15. The molecule has 0 saturated heterocycles. The molecule has 0 aromatic carbocycles. The Morgan fingerprint density at radius 1 is 1.56 bits per heavy atom. The van der Waals surface area contributed by atoms with Gasteiger partial charge in [0.25, 0.3) is 0 Å². The number of halogens is 2. The Bertz CT molecular complexity index is 555. The third-order valence-corrected chi connectivity index (χ3v) is 2.06. The van der Waals surface area contributed by atoms with E-state index in [1.807, 2.05) is 0 Å². The molecule has 0 aliphatic carbocycles. The van der Waals surface area contributed by atoms with Crippen LogP contribution in [-0.2, 0) is 0 Å². The van der Waals surface area contributed by atoms with Crippen LogP contribution in [0.25, 0.3) is 5.82 Å². The number of pyridine rings is 1. The topological polar surface area (TPSA) is 68.0 Å². The zero-order valence-corrected chi connectivity index (χ0v) is 8.52. The molecule has 7 heteroatoms. The number of carboxylic acid groups (broad SMARTS) is 1. The maximum atomic E-state index is 13.0. The maximum Gasteiger partial charge on any atom is 0.338 e. The number of aromatic carboxylic acids is 1. The molecule has 0 aliphatic heterocycles. The van der Waals surface area contributed by atoms with Gasteiger partial charge in [-0.25, -0.2) is 18.9 Å². The van der Waals surface area contributed by atoms with E-state index in [4.69, 9.17) is 16.7 Å². The number of hydrogen-bond acceptors (Lipinski definition) is 3. The molecule has 2 aromatic rings. The maximum absolute atomic E-state index is 13.0. The third kappa shape index (κ3) is 1.87. The molecule has 82 valence electrons. The number of rotatable bonds is 2. The van der Waals surface area contributed by atoms with Crippen LogP contribution < -0.4 is 0 Å². The zero-order valence-electron chi connectivity index (χ0n) is 7.76. The molecule has 5 nitrogen and oxygen atoms in total. The number of carbonyl (C=O) groups is 1. The molecule has 0 spiro atoms. The highest BCUT2D eigenvalue weighted by Crippen LogP contribution is 2.12. The van der Waals surface area contributed by atoms with Crippen LogP contribution in [0.3, 0.4) is 0 Å². The molecule has 0 unspecified atom stereocenters. The van der Waals surface area contributed by atoms with Crippen LogP contribution in [0.4, 0.5) is 4.39 Å². The van der Waals surface area contributed by atoms with Gasteiger partial charge in [0.15, 0.2) is 16.8 Å². The van der Waals surface area contributed by atoms with Crippen LogP contribution in [-0.4, -0.2) is 25.8 Å². The normalized spacial score (nSPS) is 10.4. The van der Waals surface area contributed by atoms with E-state index < -0.39 is 17.3 Å². The van der Waals surface area contributed by atoms with Gasteiger partial charge >= 0.3 is 5.97 Å². The van der Waals surface area contributed by atoms with Crippen molar-refractivity contribution in [1.29, 1.82) is 0 Å². The second-order valence-corrected chi connectivity index (χ2v) is 3.30. The Labute approximate surface area is 94.1 Å². The minimum Gasteiger partial charge on any atom is -0.478 e. The van der Waals surface area contributed by atoms with E-state index in [9.17, 15) is 9.18 Å². The van der Waals surface area contributed by atoms with Gasteiger partial charge in [-0.05, 0) is 6.07 Å². The predicted octanol–water partition coefficient (Wildman–Crippen LogP) is 1.76. The third-order valence-electron chi connectivity index (χ3n) is 1.86. The van der Waals surface area contributed by atoms with Crippen LogP contribution in [0.2, 0.25) is 5.15 Å². The molecule has 16 heavy (non-hydrogen) atoms. The fraction of sp³-hybridized carbons (Fsp3) is 0. The number of carboxylic acids is 1. The van der Waals surface area contributed by atoms with Crippen molar-refractivity contribution in [2.75, 3.05) is 0 Å². The minimum absolute atomic E-state index is 0.186. The zero-order chi connectivity index (χ0) is 11.7. The number of nitrogens with zero attached hydrogens (tertiary/aromatic N) is 3. The molecular weight excluding hydrogens is 237 g/mol. The van der Waals surface area contributed by atoms with Crippen LogP contribution in [0, 0.1) is 5.82 Å². The molecule has 0 bridgehead atoms. The highest BCUT2D eigenvalue weighted by atomic mass is 35.5.